The summed E-state index contributed by atoms with van der Waals surface area (Å²) in [6, 6.07) is 16.7. The van der Waals surface area contributed by atoms with Crippen molar-refractivity contribution >= 4 is 39.8 Å². The van der Waals surface area contributed by atoms with Gasteiger partial charge in [0.1, 0.15) is 5.82 Å². The Balaban J connectivity index is 1.18. The Bertz CT molecular complexity index is 1530. The fourth-order valence-corrected chi connectivity index (χ4v) is 4.92. The monoisotopic (exact) mass is 492 g/mol. The van der Waals surface area contributed by atoms with Crippen molar-refractivity contribution in [3.63, 3.8) is 0 Å². The Morgan fingerprint density at radius 2 is 1.73 bits per heavy atom. The molecule has 1 aliphatic carbocycles. The molecule has 2 aromatic carbocycles. The van der Waals surface area contributed by atoms with Gasteiger partial charge in [-0.05, 0) is 42.5 Å². The van der Waals surface area contributed by atoms with Crippen molar-refractivity contribution in [2.45, 2.75) is 19.3 Å². The summed E-state index contributed by atoms with van der Waals surface area (Å²) in [5, 5.41) is 17.8. The number of aromatic nitrogens is 4. The molecule has 2 fully saturated rings. The SMILES string of the molecule is Cn1ncc2ccc(-c3cc(Nc4ccc(C5=NN=C(C6CC6)C5)cc4)nc(N4CCOCC4)n3)cc21. The molecule has 37 heavy (non-hydrogen) atoms. The summed E-state index contributed by atoms with van der Waals surface area (Å²) in [5.41, 5.74) is 7.33. The maximum absolute atomic E-state index is 5.55. The second-order valence-electron chi connectivity index (χ2n) is 9.87. The molecule has 0 atom stereocenters. The van der Waals surface area contributed by atoms with Gasteiger partial charge in [-0.3, -0.25) is 4.68 Å². The van der Waals surface area contributed by atoms with Crippen LogP contribution in [0.15, 0.2) is 64.9 Å². The summed E-state index contributed by atoms with van der Waals surface area (Å²) in [4.78, 5) is 12.0. The number of anilines is 3. The van der Waals surface area contributed by atoms with Crippen LogP contribution < -0.4 is 10.2 Å². The van der Waals surface area contributed by atoms with Crippen LogP contribution in [0.3, 0.4) is 0 Å². The average molecular weight is 493 g/mol. The highest BCUT2D eigenvalue weighted by molar-refractivity contribution is 6.16. The van der Waals surface area contributed by atoms with Crippen molar-refractivity contribution in [2.24, 2.45) is 23.2 Å². The van der Waals surface area contributed by atoms with Crippen molar-refractivity contribution in [1.82, 2.24) is 19.7 Å². The molecule has 7 rings (SSSR count). The van der Waals surface area contributed by atoms with Gasteiger partial charge < -0.3 is 15.0 Å². The molecule has 1 N–H and O–H groups in total. The molecule has 2 aromatic heterocycles. The van der Waals surface area contributed by atoms with Crippen LogP contribution in [-0.4, -0.2) is 57.5 Å². The number of rotatable bonds is 6. The van der Waals surface area contributed by atoms with Crippen LogP contribution in [0.5, 0.6) is 0 Å². The van der Waals surface area contributed by atoms with E-state index in [1.165, 1.54) is 18.6 Å². The molecule has 1 saturated carbocycles. The molecule has 9 heteroatoms. The third kappa shape index (κ3) is 4.46. The zero-order valence-corrected chi connectivity index (χ0v) is 20.8. The van der Waals surface area contributed by atoms with Gasteiger partial charge in [-0.25, -0.2) is 4.98 Å². The Kier molecular flexibility index (Phi) is 5.43. The van der Waals surface area contributed by atoms with E-state index in [-0.39, 0.29) is 0 Å². The Morgan fingerprint density at radius 3 is 2.54 bits per heavy atom. The standard InChI is InChI=1S/C28H28N8O/c1-35-26-14-20(4-5-21(26)17-29-35)23-16-27(32-28(31-23)36-10-12-37-13-11-36)30-22-8-6-19(7-9-22)25-15-24(33-34-25)18-2-3-18/h4-9,14,16-18H,2-3,10-13,15H2,1H3,(H,30,31,32). The van der Waals surface area contributed by atoms with Gasteiger partial charge >= 0.3 is 0 Å². The molecule has 0 radical (unpaired) electrons. The highest BCUT2D eigenvalue weighted by Crippen LogP contribution is 2.34. The van der Waals surface area contributed by atoms with Crippen LogP contribution in [0, 0.1) is 5.92 Å². The summed E-state index contributed by atoms with van der Waals surface area (Å²) < 4.78 is 7.44. The Morgan fingerprint density at radius 1 is 0.919 bits per heavy atom. The molecule has 0 amide bonds. The van der Waals surface area contributed by atoms with Gasteiger partial charge in [0.15, 0.2) is 0 Å². The van der Waals surface area contributed by atoms with Crippen molar-refractivity contribution < 1.29 is 4.74 Å². The van der Waals surface area contributed by atoms with Crippen LogP contribution >= 0.6 is 0 Å². The molecular weight excluding hydrogens is 464 g/mol. The maximum Gasteiger partial charge on any atom is 0.228 e. The molecule has 0 bridgehead atoms. The second kappa shape index (κ2) is 9.08. The topological polar surface area (TPSA) is 92.8 Å². The fraction of sp³-hybridized carbons (Fsp3) is 0.321. The molecule has 3 aliphatic rings. The van der Waals surface area contributed by atoms with Gasteiger partial charge in [0, 0.05) is 55.0 Å². The van der Waals surface area contributed by atoms with Crippen LogP contribution in [0.2, 0.25) is 0 Å². The van der Waals surface area contributed by atoms with E-state index in [2.05, 4.69) is 68.0 Å². The van der Waals surface area contributed by atoms with Gasteiger partial charge in [0.2, 0.25) is 5.95 Å². The quantitative estimate of drug-likeness (QED) is 0.424. The van der Waals surface area contributed by atoms with E-state index in [9.17, 15) is 0 Å². The lowest BCUT2D eigenvalue weighted by atomic mass is 10.0. The van der Waals surface area contributed by atoms with E-state index >= 15 is 0 Å². The van der Waals surface area contributed by atoms with E-state index in [1.54, 1.807) is 0 Å². The minimum Gasteiger partial charge on any atom is -0.378 e. The molecular formula is C28H28N8O. The normalized spacial score (nSPS) is 17.7. The highest BCUT2D eigenvalue weighted by Gasteiger charge is 2.30. The number of nitrogens with zero attached hydrogens (tertiary/aromatic N) is 7. The zero-order valence-electron chi connectivity index (χ0n) is 20.8. The van der Waals surface area contributed by atoms with Crippen molar-refractivity contribution in [1.29, 1.82) is 0 Å². The first-order chi connectivity index (χ1) is 18.2. The highest BCUT2D eigenvalue weighted by atomic mass is 16.5. The van der Waals surface area contributed by atoms with Crippen LogP contribution in [0.1, 0.15) is 24.8 Å². The number of fused-ring (bicyclic) bond motifs is 1. The maximum atomic E-state index is 5.55. The summed E-state index contributed by atoms with van der Waals surface area (Å²) in [6.45, 7) is 2.89. The van der Waals surface area contributed by atoms with E-state index in [1.807, 2.05) is 24.0 Å². The minimum absolute atomic E-state index is 0.661. The van der Waals surface area contributed by atoms with Gasteiger partial charge in [-0.15, -0.1) is 0 Å². The summed E-state index contributed by atoms with van der Waals surface area (Å²) in [7, 11) is 1.96. The summed E-state index contributed by atoms with van der Waals surface area (Å²) in [6.07, 6.45) is 5.27. The van der Waals surface area contributed by atoms with Crippen LogP contribution in [0.4, 0.5) is 17.5 Å². The zero-order chi connectivity index (χ0) is 24.8. The third-order valence-electron chi connectivity index (χ3n) is 7.24. The third-order valence-corrected chi connectivity index (χ3v) is 7.24. The number of aryl methyl sites for hydroxylation is 1. The van der Waals surface area contributed by atoms with Gasteiger partial charge in [0.05, 0.1) is 36.3 Å². The first-order valence-electron chi connectivity index (χ1n) is 12.8. The minimum atomic E-state index is 0.661. The molecule has 0 spiro atoms. The van der Waals surface area contributed by atoms with Gasteiger partial charge in [-0.1, -0.05) is 24.3 Å². The summed E-state index contributed by atoms with van der Waals surface area (Å²) in [5.74, 6) is 2.12. The fourth-order valence-electron chi connectivity index (χ4n) is 4.92. The van der Waals surface area contributed by atoms with Crippen molar-refractivity contribution in [2.75, 3.05) is 36.5 Å². The molecule has 4 aromatic rings. The molecule has 4 heterocycles. The lowest BCUT2D eigenvalue weighted by Gasteiger charge is -2.27. The smallest absolute Gasteiger partial charge is 0.228 e. The molecule has 186 valence electrons. The number of nitrogens with one attached hydrogen (secondary N) is 1. The number of morpholine rings is 1. The molecule has 9 nitrogen and oxygen atoms in total. The predicted molar refractivity (Wildman–Crippen MR) is 146 cm³/mol. The van der Waals surface area contributed by atoms with Crippen LogP contribution in [0.25, 0.3) is 22.2 Å². The molecule has 0 unspecified atom stereocenters. The first kappa shape index (κ1) is 22.1. The number of benzene rings is 2. The predicted octanol–water partition coefficient (Wildman–Crippen LogP) is 4.57. The van der Waals surface area contributed by atoms with E-state index in [0.717, 1.165) is 64.5 Å². The number of hydrogen-bond donors (Lipinski definition) is 1. The van der Waals surface area contributed by atoms with Gasteiger partial charge in [-0.2, -0.15) is 20.3 Å². The van der Waals surface area contributed by atoms with Crippen molar-refractivity contribution in [3.8, 4) is 11.3 Å². The summed E-state index contributed by atoms with van der Waals surface area (Å²) >= 11 is 0. The largest absolute Gasteiger partial charge is 0.378 e. The number of ether oxygens (including phenoxy) is 1. The van der Waals surface area contributed by atoms with Gasteiger partial charge in [0.25, 0.3) is 0 Å². The average Bonchev–Trinajstić information content (AvgIpc) is 3.56. The van der Waals surface area contributed by atoms with E-state index < -0.39 is 0 Å². The van der Waals surface area contributed by atoms with E-state index in [4.69, 9.17) is 14.7 Å². The Hall–Kier alpha value is -4.11. The van der Waals surface area contributed by atoms with Crippen LogP contribution in [-0.2, 0) is 11.8 Å². The number of hydrogen-bond acceptors (Lipinski definition) is 8. The Labute approximate surface area is 214 Å². The molecule has 2 aliphatic heterocycles. The second-order valence-corrected chi connectivity index (χ2v) is 9.87. The van der Waals surface area contributed by atoms with E-state index in [0.29, 0.717) is 25.1 Å². The molecule has 1 saturated heterocycles. The first-order valence-corrected chi connectivity index (χ1v) is 12.8. The lowest BCUT2D eigenvalue weighted by molar-refractivity contribution is 0.122. The lowest BCUT2D eigenvalue weighted by Crippen LogP contribution is -2.37. The van der Waals surface area contributed by atoms with Crippen molar-refractivity contribution in [3.05, 3.63) is 60.3 Å².